The summed E-state index contributed by atoms with van der Waals surface area (Å²) < 4.78 is 5.24. The number of ether oxygens (including phenoxy) is 1. The largest absolute Gasteiger partial charge is 0.465 e. The summed E-state index contributed by atoms with van der Waals surface area (Å²) in [5, 5.41) is 0. The lowest BCUT2D eigenvalue weighted by atomic mass is 10.1. The first-order valence-corrected chi connectivity index (χ1v) is 7.36. The molecule has 4 heteroatoms. The molecule has 20 heavy (non-hydrogen) atoms. The number of nitrogens with zero attached hydrogens (tertiary/aromatic N) is 2. The summed E-state index contributed by atoms with van der Waals surface area (Å²) in [5.41, 5.74) is 1.17. The molecule has 4 nitrogen and oxygen atoms in total. The van der Waals surface area contributed by atoms with Gasteiger partial charge in [0.05, 0.1) is 6.61 Å². The van der Waals surface area contributed by atoms with Crippen LogP contribution in [0.5, 0.6) is 0 Å². The first kappa shape index (κ1) is 14.9. The fourth-order valence-corrected chi connectivity index (χ4v) is 2.74. The van der Waals surface area contributed by atoms with Crippen LogP contribution in [0.25, 0.3) is 0 Å². The third-order valence-electron chi connectivity index (χ3n) is 3.77. The number of benzene rings is 1. The molecule has 110 valence electrons. The van der Waals surface area contributed by atoms with Crippen molar-refractivity contribution in [3.05, 3.63) is 30.3 Å². The second kappa shape index (κ2) is 6.75. The van der Waals surface area contributed by atoms with E-state index in [-0.39, 0.29) is 12.0 Å². The molecule has 1 aliphatic rings. The van der Waals surface area contributed by atoms with Crippen LogP contribution in [-0.4, -0.2) is 49.2 Å². The molecule has 0 aliphatic carbocycles. The molecule has 1 aromatic carbocycles. The summed E-state index contributed by atoms with van der Waals surface area (Å²) in [5.74, 6) is -0.109. The highest BCUT2D eigenvalue weighted by Crippen LogP contribution is 2.21. The Kier molecular flexibility index (Phi) is 5.01. The molecule has 1 fully saturated rings. The van der Waals surface area contributed by atoms with E-state index >= 15 is 0 Å². The van der Waals surface area contributed by atoms with E-state index in [4.69, 9.17) is 4.74 Å². The maximum Gasteiger partial charge on any atom is 0.325 e. The highest BCUT2D eigenvalue weighted by atomic mass is 16.5. The van der Waals surface area contributed by atoms with Crippen molar-refractivity contribution in [2.75, 3.05) is 31.1 Å². The Morgan fingerprint density at radius 2 is 2.00 bits per heavy atom. The number of hydrogen-bond acceptors (Lipinski definition) is 4. The normalized spacial score (nSPS) is 20.2. The van der Waals surface area contributed by atoms with Crippen LogP contribution in [0.2, 0.25) is 0 Å². The second-order valence-corrected chi connectivity index (χ2v) is 5.38. The van der Waals surface area contributed by atoms with Crippen LogP contribution in [0.4, 0.5) is 5.69 Å². The number of hydrogen-bond donors (Lipinski definition) is 0. The molecular weight excluding hydrogens is 252 g/mol. The fraction of sp³-hybridized carbons (Fsp3) is 0.562. The molecular formula is C16H24N2O2. The zero-order valence-corrected chi connectivity index (χ0v) is 12.6. The van der Waals surface area contributed by atoms with E-state index in [1.54, 1.807) is 0 Å². The number of rotatable bonds is 4. The third-order valence-corrected chi connectivity index (χ3v) is 3.77. The Balaban J connectivity index is 2.13. The van der Waals surface area contributed by atoms with Gasteiger partial charge < -0.3 is 9.64 Å². The molecule has 0 aromatic heterocycles. The standard InChI is InChI=1S/C16H24N2O2/c1-4-20-16(19)15-12-17(10-11-18(15)13(2)3)14-8-6-5-7-9-14/h5-9,13,15H,4,10-12H2,1-3H3. The maximum absolute atomic E-state index is 12.2. The summed E-state index contributed by atoms with van der Waals surface area (Å²) >= 11 is 0. The summed E-state index contributed by atoms with van der Waals surface area (Å²) in [4.78, 5) is 16.7. The Hall–Kier alpha value is -1.55. The number of anilines is 1. The van der Waals surface area contributed by atoms with Gasteiger partial charge in [-0.2, -0.15) is 0 Å². The Morgan fingerprint density at radius 3 is 2.60 bits per heavy atom. The van der Waals surface area contributed by atoms with Crippen molar-refractivity contribution >= 4 is 11.7 Å². The van der Waals surface area contributed by atoms with E-state index in [1.807, 2.05) is 25.1 Å². The van der Waals surface area contributed by atoms with Crippen molar-refractivity contribution in [3.63, 3.8) is 0 Å². The lowest BCUT2D eigenvalue weighted by Gasteiger charge is -2.43. The second-order valence-electron chi connectivity index (χ2n) is 5.38. The van der Waals surface area contributed by atoms with Crippen LogP contribution in [-0.2, 0) is 9.53 Å². The minimum atomic E-state index is -0.177. The fourth-order valence-electron chi connectivity index (χ4n) is 2.74. The van der Waals surface area contributed by atoms with Crippen molar-refractivity contribution in [2.24, 2.45) is 0 Å². The van der Waals surface area contributed by atoms with Crippen molar-refractivity contribution in [1.82, 2.24) is 4.90 Å². The molecule has 0 radical (unpaired) electrons. The number of piperazine rings is 1. The van der Waals surface area contributed by atoms with E-state index in [9.17, 15) is 4.79 Å². The Morgan fingerprint density at radius 1 is 1.30 bits per heavy atom. The summed E-state index contributed by atoms with van der Waals surface area (Å²) in [6.45, 7) is 9.08. The van der Waals surface area contributed by atoms with E-state index in [1.165, 1.54) is 5.69 Å². The van der Waals surface area contributed by atoms with Crippen LogP contribution in [0.1, 0.15) is 20.8 Å². The summed E-state index contributed by atoms with van der Waals surface area (Å²) in [7, 11) is 0. The van der Waals surface area contributed by atoms with E-state index in [2.05, 4.69) is 35.8 Å². The van der Waals surface area contributed by atoms with Gasteiger partial charge in [0.25, 0.3) is 0 Å². The molecule has 0 bridgehead atoms. The highest BCUT2D eigenvalue weighted by molar-refractivity contribution is 5.77. The zero-order valence-electron chi connectivity index (χ0n) is 12.6. The number of carbonyl (C=O) groups is 1. The van der Waals surface area contributed by atoms with Crippen LogP contribution in [0, 0.1) is 0 Å². The van der Waals surface area contributed by atoms with Crippen molar-refractivity contribution in [2.45, 2.75) is 32.9 Å². The monoisotopic (exact) mass is 276 g/mol. The molecule has 0 N–H and O–H groups in total. The molecule has 1 aromatic rings. The van der Waals surface area contributed by atoms with Gasteiger partial charge in [-0.25, -0.2) is 0 Å². The number of esters is 1. The molecule has 1 unspecified atom stereocenters. The Bertz CT molecular complexity index is 433. The predicted molar refractivity (Wildman–Crippen MR) is 80.9 cm³/mol. The minimum Gasteiger partial charge on any atom is -0.465 e. The van der Waals surface area contributed by atoms with Crippen molar-refractivity contribution in [3.8, 4) is 0 Å². The topological polar surface area (TPSA) is 32.8 Å². The van der Waals surface area contributed by atoms with Crippen LogP contribution in [0.3, 0.4) is 0 Å². The van der Waals surface area contributed by atoms with Gasteiger partial charge in [-0.05, 0) is 32.9 Å². The third kappa shape index (κ3) is 3.31. The van der Waals surface area contributed by atoms with Crippen LogP contribution >= 0.6 is 0 Å². The SMILES string of the molecule is CCOC(=O)C1CN(c2ccccc2)CCN1C(C)C. The average Bonchev–Trinajstić information content (AvgIpc) is 2.47. The molecule has 1 heterocycles. The van der Waals surface area contributed by atoms with Gasteiger partial charge >= 0.3 is 5.97 Å². The predicted octanol–water partition coefficient (Wildman–Crippen LogP) is 2.15. The van der Waals surface area contributed by atoms with Gasteiger partial charge in [-0.1, -0.05) is 18.2 Å². The molecule has 1 atom stereocenters. The lowest BCUT2D eigenvalue weighted by molar-refractivity contribution is -0.150. The molecule has 0 saturated carbocycles. The minimum absolute atomic E-state index is 0.109. The van der Waals surface area contributed by atoms with E-state index < -0.39 is 0 Å². The summed E-state index contributed by atoms with van der Waals surface area (Å²) in [6.07, 6.45) is 0. The molecule has 0 amide bonds. The zero-order chi connectivity index (χ0) is 14.5. The smallest absolute Gasteiger partial charge is 0.325 e. The number of para-hydroxylation sites is 1. The van der Waals surface area contributed by atoms with Gasteiger partial charge in [0.1, 0.15) is 6.04 Å². The van der Waals surface area contributed by atoms with Gasteiger partial charge in [0, 0.05) is 31.4 Å². The van der Waals surface area contributed by atoms with Gasteiger partial charge in [0.2, 0.25) is 0 Å². The first-order chi connectivity index (χ1) is 9.63. The first-order valence-electron chi connectivity index (χ1n) is 7.36. The average molecular weight is 276 g/mol. The molecule has 2 rings (SSSR count). The lowest BCUT2D eigenvalue weighted by Crippen LogP contribution is -2.59. The van der Waals surface area contributed by atoms with Gasteiger partial charge in [0.15, 0.2) is 0 Å². The van der Waals surface area contributed by atoms with E-state index in [0.717, 1.165) is 13.1 Å². The Labute approximate surface area is 121 Å². The van der Waals surface area contributed by atoms with Crippen LogP contribution in [0.15, 0.2) is 30.3 Å². The molecule has 1 aliphatic heterocycles. The van der Waals surface area contributed by atoms with Gasteiger partial charge in [-0.3, -0.25) is 9.69 Å². The quantitative estimate of drug-likeness (QED) is 0.789. The highest BCUT2D eigenvalue weighted by Gasteiger charge is 2.34. The van der Waals surface area contributed by atoms with Crippen molar-refractivity contribution in [1.29, 1.82) is 0 Å². The molecule has 1 saturated heterocycles. The maximum atomic E-state index is 12.2. The molecule has 0 spiro atoms. The van der Waals surface area contributed by atoms with Crippen LogP contribution < -0.4 is 4.90 Å². The van der Waals surface area contributed by atoms with Gasteiger partial charge in [-0.15, -0.1) is 0 Å². The number of carbonyl (C=O) groups excluding carboxylic acids is 1. The van der Waals surface area contributed by atoms with E-state index in [0.29, 0.717) is 19.2 Å². The summed E-state index contributed by atoms with van der Waals surface area (Å²) in [6, 6.07) is 10.4. The van der Waals surface area contributed by atoms with Crippen molar-refractivity contribution < 1.29 is 9.53 Å².